The lowest BCUT2D eigenvalue weighted by atomic mass is 10.0. The van der Waals surface area contributed by atoms with Crippen molar-refractivity contribution in [1.82, 2.24) is 4.98 Å². The molecule has 0 fully saturated rings. The molecule has 0 amide bonds. The fraction of sp³-hybridized carbons (Fsp3) is 0.158. The molecule has 0 bridgehead atoms. The highest BCUT2D eigenvalue weighted by molar-refractivity contribution is 6.31. The van der Waals surface area contributed by atoms with E-state index in [0.29, 0.717) is 28.2 Å². The van der Waals surface area contributed by atoms with Gasteiger partial charge in [0.2, 0.25) is 0 Å². The average molecular weight is 341 g/mol. The Morgan fingerprint density at radius 2 is 1.92 bits per heavy atom. The smallest absolute Gasteiger partial charge is 0.119 e. The van der Waals surface area contributed by atoms with Crippen molar-refractivity contribution in [2.45, 2.75) is 13.3 Å². The van der Waals surface area contributed by atoms with Crippen LogP contribution in [0.5, 0.6) is 5.75 Å². The Morgan fingerprint density at radius 1 is 1.17 bits per heavy atom. The lowest BCUT2D eigenvalue weighted by Crippen LogP contribution is -2.22. The van der Waals surface area contributed by atoms with Crippen LogP contribution >= 0.6 is 11.6 Å². The van der Waals surface area contributed by atoms with Crippen molar-refractivity contribution in [2.24, 2.45) is 0 Å². The van der Waals surface area contributed by atoms with Gasteiger partial charge in [0.1, 0.15) is 5.75 Å². The zero-order chi connectivity index (χ0) is 17.1. The van der Waals surface area contributed by atoms with Crippen LogP contribution in [-0.4, -0.2) is 17.6 Å². The lowest BCUT2D eigenvalue weighted by Gasteiger charge is -2.11. The normalized spacial score (nSPS) is 10.8. The summed E-state index contributed by atoms with van der Waals surface area (Å²) in [6.07, 6.45) is 0.936. The molecule has 0 aliphatic heterocycles. The number of aromatic nitrogens is 1. The maximum Gasteiger partial charge on any atom is 0.119 e. The van der Waals surface area contributed by atoms with E-state index in [1.807, 2.05) is 31.2 Å². The summed E-state index contributed by atoms with van der Waals surface area (Å²) in [5, 5.41) is 12.4. The highest BCUT2D eigenvalue weighted by Gasteiger charge is 2.09. The second-order valence-electron chi connectivity index (χ2n) is 5.38. The van der Waals surface area contributed by atoms with E-state index in [9.17, 15) is 9.90 Å². The summed E-state index contributed by atoms with van der Waals surface area (Å²) < 4.78 is 5.55. The van der Waals surface area contributed by atoms with Crippen LogP contribution in [-0.2, 0) is 0 Å². The standard InChI is InChI=1S/C19H16ClNO3/c1-2-9-24-14-6-3-12(4-7-14)18-11-16(19(22)23)15-10-13(20)5-8-17(15)21-18/h3-8,10-11H,2,9H2,1H3,(H,22,23)/p-1. The van der Waals surface area contributed by atoms with Crippen molar-refractivity contribution in [1.29, 1.82) is 0 Å². The van der Waals surface area contributed by atoms with E-state index in [1.54, 1.807) is 18.2 Å². The molecular formula is C19H15ClNO3-. The molecule has 24 heavy (non-hydrogen) atoms. The third kappa shape index (κ3) is 3.34. The van der Waals surface area contributed by atoms with Crippen molar-refractivity contribution in [3.63, 3.8) is 0 Å². The first-order chi connectivity index (χ1) is 11.6. The Kier molecular flexibility index (Phi) is 4.67. The summed E-state index contributed by atoms with van der Waals surface area (Å²) in [5.41, 5.74) is 2.00. The molecular weight excluding hydrogens is 326 g/mol. The fourth-order valence-corrected chi connectivity index (χ4v) is 2.63. The highest BCUT2D eigenvalue weighted by atomic mass is 35.5. The van der Waals surface area contributed by atoms with E-state index < -0.39 is 5.97 Å². The van der Waals surface area contributed by atoms with Gasteiger partial charge in [0, 0.05) is 21.5 Å². The predicted molar refractivity (Wildman–Crippen MR) is 92.3 cm³/mol. The molecule has 3 aromatic rings. The third-order valence-electron chi connectivity index (χ3n) is 3.61. The van der Waals surface area contributed by atoms with Gasteiger partial charge in [-0.2, -0.15) is 0 Å². The number of aromatic carboxylic acids is 1. The summed E-state index contributed by atoms with van der Waals surface area (Å²) in [6, 6.07) is 13.9. The van der Waals surface area contributed by atoms with Gasteiger partial charge in [0.25, 0.3) is 0 Å². The van der Waals surface area contributed by atoms with Crippen molar-refractivity contribution in [3.8, 4) is 17.0 Å². The number of carboxylic acid groups (broad SMARTS) is 1. The van der Waals surface area contributed by atoms with Gasteiger partial charge in [-0.15, -0.1) is 0 Å². The lowest BCUT2D eigenvalue weighted by molar-refractivity contribution is -0.254. The number of hydrogen-bond acceptors (Lipinski definition) is 4. The van der Waals surface area contributed by atoms with Gasteiger partial charge in [0.05, 0.1) is 23.8 Å². The number of pyridine rings is 1. The number of nitrogens with zero attached hydrogens (tertiary/aromatic N) is 1. The predicted octanol–water partition coefficient (Wildman–Crippen LogP) is 3.71. The summed E-state index contributed by atoms with van der Waals surface area (Å²) in [6.45, 7) is 2.70. The molecule has 0 spiro atoms. The number of carboxylic acids is 1. The van der Waals surface area contributed by atoms with E-state index in [-0.39, 0.29) is 5.56 Å². The van der Waals surface area contributed by atoms with Crippen molar-refractivity contribution in [3.05, 3.63) is 59.1 Å². The summed E-state index contributed by atoms with van der Waals surface area (Å²) in [7, 11) is 0. The minimum atomic E-state index is -1.26. The topological polar surface area (TPSA) is 62.2 Å². The number of benzene rings is 2. The maximum atomic E-state index is 11.5. The summed E-state index contributed by atoms with van der Waals surface area (Å²) >= 11 is 5.96. The van der Waals surface area contributed by atoms with E-state index in [4.69, 9.17) is 16.3 Å². The Bertz CT molecular complexity index is 891. The zero-order valence-corrected chi connectivity index (χ0v) is 13.8. The number of rotatable bonds is 5. The van der Waals surface area contributed by atoms with Crippen molar-refractivity contribution < 1.29 is 14.6 Å². The Labute approximate surface area is 144 Å². The molecule has 0 unspecified atom stereocenters. The second-order valence-corrected chi connectivity index (χ2v) is 5.81. The molecule has 0 saturated heterocycles. The number of fused-ring (bicyclic) bond motifs is 1. The number of halogens is 1. The molecule has 0 atom stereocenters. The SMILES string of the molecule is CCCOc1ccc(-c2cc(C(=O)[O-])c3cc(Cl)ccc3n2)cc1. The number of hydrogen-bond donors (Lipinski definition) is 0. The zero-order valence-electron chi connectivity index (χ0n) is 13.1. The van der Waals surface area contributed by atoms with Gasteiger partial charge >= 0.3 is 0 Å². The maximum absolute atomic E-state index is 11.5. The van der Waals surface area contributed by atoms with Crippen molar-refractivity contribution >= 4 is 28.5 Å². The Hall–Kier alpha value is -2.59. The molecule has 3 rings (SSSR count). The minimum absolute atomic E-state index is 0.0730. The number of carbonyl (C=O) groups excluding carboxylic acids is 1. The van der Waals surface area contributed by atoms with E-state index in [1.165, 1.54) is 6.07 Å². The van der Waals surface area contributed by atoms with Crippen LogP contribution < -0.4 is 9.84 Å². The largest absolute Gasteiger partial charge is 0.545 e. The highest BCUT2D eigenvalue weighted by Crippen LogP contribution is 2.27. The van der Waals surface area contributed by atoms with Crippen LogP contribution in [0.1, 0.15) is 23.7 Å². The first-order valence-electron chi connectivity index (χ1n) is 7.63. The molecule has 0 saturated carbocycles. The molecule has 1 heterocycles. The monoisotopic (exact) mass is 340 g/mol. The van der Waals surface area contributed by atoms with Gasteiger partial charge in [-0.25, -0.2) is 4.98 Å². The van der Waals surface area contributed by atoms with E-state index >= 15 is 0 Å². The van der Waals surface area contributed by atoms with Crippen LogP contribution in [0.15, 0.2) is 48.5 Å². The fourth-order valence-electron chi connectivity index (χ4n) is 2.46. The van der Waals surface area contributed by atoms with Gasteiger partial charge < -0.3 is 14.6 Å². The van der Waals surface area contributed by atoms with Crippen LogP contribution in [0.2, 0.25) is 5.02 Å². The molecule has 1 aromatic heterocycles. The van der Waals surface area contributed by atoms with Crippen LogP contribution in [0.25, 0.3) is 22.2 Å². The van der Waals surface area contributed by atoms with Crippen molar-refractivity contribution in [2.75, 3.05) is 6.61 Å². The molecule has 2 aromatic carbocycles. The van der Waals surface area contributed by atoms with Crippen LogP contribution in [0.4, 0.5) is 0 Å². The van der Waals surface area contributed by atoms with E-state index in [2.05, 4.69) is 4.98 Å². The minimum Gasteiger partial charge on any atom is -0.545 e. The van der Waals surface area contributed by atoms with E-state index in [0.717, 1.165) is 17.7 Å². The molecule has 4 nitrogen and oxygen atoms in total. The first kappa shape index (κ1) is 16.3. The van der Waals surface area contributed by atoms with Crippen LogP contribution in [0.3, 0.4) is 0 Å². The Morgan fingerprint density at radius 3 is 2.58 bits per heavy atom. The summed E-state index contributed by atoms with van der Waals surface area (Å²) in [5.74, 6) is -0.484. The molecule has 0 N–H and O–H groups in total. The Balaban J connectivity index is 2.06. The number of carbonyl (C=O) groups is 1. The average Bonchev–Trinajstić information content (AvgIpc) is 2.59. The van der Waals surface area contributed by atoms with Gasteiger partial charge in [-0.05, 0) is 55.0 Å². The third-order valence-corrected chi connectivity index (χ3v) is 3.85. The van der Waals surface area contributed by atoms with Gasteiger partial charge in [-0.1, -0.05) is 18.5 Å². The first-order valence-corrected chi connectivity index (χ1v) is 8.01. The summed E-state index contributed by atoms with van der Waals surface area (Å²) in [4.78, 5) is 16.0. The van der Waals surface area contributed by atoms with Crippen LogP contribution in [0, 0.1) is 0 Å². The van der Waals surface area contributed by atoms with Gasteiger partial charge in [-0.3, -0.25) is 0 Å². The quantitative estimate of drug-likeness (QED) is 0.710. The molecule has 0 radical (unpaired) electrons. The number of ether oxygens (including phenoxy) is 1. The van der Waals surface area contributed by atoms with Gasteiger partial charge in [0.15, 0.2) is 0 Å². The molecule has 5 heteroatoms. The molecule has 0 aliphatic rings. The second kappa shape index (κ2) is 6.89. The molecule has 0 aliphatic carbocycles. The molecule has 122 valence electrons.